The maximum absolute atomic E-state index is 12.1. The molecule has 0 aromatic heterocycles. The van der Waals surface area contributed by atoms with E-state index in [2.05, 4.69) is 24.5 Å². The molecule has 140 valence electrons. The molecule has 0 spiro atoms. The van der Waals surface area contributed by atoms with E-state index in [1.54, 1.807) is 37.4 Å². The largest absolute Gasteiger partial charge is 0.497 e. The van der Waals surface area contributed by atoms with Gasteiger partial charge in [0.2, 0.25) is 0 Å². The van der Waals surface area contributed by atoms with Crippen molar-refractivity contribution in [3.05, 3.63) is 54.1 Å². The van der Waals surface area contributed by atoms with Gasteiger partial charge in [-0.25, -0.2) is 4.79 Å². The number of para-hydroxylation sites is 2. The van der Waals surface area contributed by atoms with Crippen LogP contribution in [0.2, 0.25) is 0 Å². The number of carbonyl (C=O) groups excluding carboxylic acids is 1. The van der Waals surface area contributed by atoms with E-state index >= 15 is 0 Å². The van der Waals surface area contributed by atoms with Gasteiger partial charge >= 0.3 is 6.03 Å². The fourth-order valence-corrected chi connectivity index (χ4v) is 2.25. The Balaban J connectivity index is 1.88. The number of nitrogens with one attached hydrogen (secondary N) is 2. The van der Waals surface area contributed by atoms with Gasteiger partial charge in [0.05, 0.1) is 25.5 Å². The van der Waals surface area contributed by atoms with Crippen LogP contribution in [0.15, 0.2) is 48.5 Å². The number of ether oxygens (including phenoxy) is 2. The molecule has 1 atom stereocenters. The fraction of sp³-hybridized carbons (Fsp3) is 0.350. The molecule has 6 nitrogen and oxygen atoms in total. The van der Waals surface area contributed by atoms with Gasteiger partial charge in [0.1, 0.15) is 11.5 Å². The van der Waals surface area contributed by atoms with Gasteiger partial charge in [-0.05, 0) is 35.7 Å². The summed E-state index contributed by atoms with van der Waals surface area (Å²) in [5.74, 6) is 1.72. The zero-order valence-electron chi connectivity index (χ0n) is 15.4. The molecule has 0 aliphatic carbocycles. The van der Waals surface area contributed by atoms with Gasteiger partial charge < -0.3 is 25.2 Å². The minimum Gasteiger partial charge on any atom is -0.497 e. The molecule has 0 heterocycles. The second kappa shape index (κ2) is 9.68. The first-order valence-corrected chi connectivity index (χ1v) is 8.58. The monoisotopic (exact) mass is 358 g/mol. The Bertz CT molecular complexity index is 701. The number of anilines is 1. The Morgan fingerprint density at radius 3 is 2.46 bits per heavy atom. The zero-order chi connectivity index (χ0) is 18.9. The van der Waals surface area contributed by atoms with Crippen LogP contribution in [0.4, 0.5) is 10.5 Å². The predicted octanol–water partition coefficient (Wildman–Crippen LogP) is 3.59. The lowest BCUT2D eigenvalue weighted by Gasteiger charge is -2.16. The first kappa shape index (κ1) is 19.6. The molecule has 0 saturated heterocycles. The topological polar surface area (TPSA) is 79.8 Å². The summed E-state index contributed by atoms with van der Waals surface area (Å²) in [7, 11) is 1.58. The van der Waals surface area contributed by atoms with Crippen molar-refractivity contribution in [2.24, 2.45) is 5.92 Å². The van der Waals surface area contributed by atoms with Gasteiger partial charge in [-0.2, -0.15) is 0 Å². The lowest BCUT2D eigenvalue weighted by Crippen LogP contribution is -2.32. The molecule has 0 saturated carbocycles. The molecule has 0 radical (unpaired) electrons. The minimum atomic E-state index is -0.806. The van der Waals surface area contributed by atoms with Crippen molar-refractivity contribution in [1.29, 1.82) is 0 Å². The smallest absolute Gasteiger partial charge is 0.319 e. The van der Waals surface area contributed by atoms with Gasteiger partial charge in [0.15, 0.2) is 0 Å². The van der Waals surface area contributed by atoms with Gasteiger partial charge in [-0.3, -0.25) is 0 Å². The highest BCUT2D eigenvalue weighted by molar-refractivity contribution is 5.90. The Morgan fingerprint density at radius 2 is 1.81 bits per heavy atom. The standard InChI is InChI=1S/C20H26N2O4/c1-14(2)13-26-19-7-5-4-6-17(19)22-20(24)21-12-18(23)15-8-10-16(25-3)11-9-15/h4-11,14,18,23H,12-13H2,1-3H3,(H2,21,22,24). The number of aliphatic hydroxyl groups excluding tert-OH is 1. The molecule has 6 heteroatoms. The van der Waals surface area contributed by atoms with Crippen LogP contribution in [-0.2, 0) is 0 Å². The highest BCUT2D eigenvalue weighted by Gasteiger charge is 2.11. The molecular formula is C20H26N2O4. The molecule has 2 amide bonds. The average Bonchev–Trinajstić information content (AvgIpc) is 2.65. The first-order chi connectivity index (χ1) is 12.5. The molecule has 1 unspecified atom stereocenters. The lowest BCUT2D eigenvalue weighted by atomic mass is 10.1. The van der Waals surface area contributed by atoms with Crippen molar-refractivity contribution in [3.8, 4) is 11.5 Å². The van der Waals surface area contributed by atoms with Crippen molar-refractivity contribution >= 4 is 11.7 Å². The van der Waals surface area contributed by atoms with Gasteiger partial charge in [0.25, 0.3) is 0 Å². The molecule has 3 N–H and O–H groups in total. The number of methoxy groups -OCH3 is 1. The third-order valence-electron chi connectivity index (χ3n) is 3.66. The number of carbonyl (C=O) groups is 1. The summed E-state index contributed by atoms with van der Waals surface area (Å²) in [6.07, 6.45) is -0.806. The summed E-state index contributed by atoms with van der Waals surface area (Å²) in [4.78, 5) is 12.1. The van der Waals surface area contributed by atoms with E-state index in [-0.39, 0.29) is 6.54 Å². The van der Waals surface area contributed by atoms with E-state index in [0.29, 0.717) is 35.3 Å². The molecule has 2 rings (SSSR count). The Labute approximate surface area is 154 Å². The molecular weight excluding hydrogens is 332 g/mol. The van der Waals surface area contributed by atoms with E-state index in [4.69, 9.17) is 9.47 Å². The fourth-order valence-electron chi connectivity index (χ4n) is 2.25. The number of urea groups is 1. The van der Waals surface area contributed by atoms with Gasteiger partial charge in [0, 0.05) is 6.54 Å². The number of aliphatic hydroxyl groups is 1. The molecule has 0 aliphatic rings. The van der Waals surface area contributed by atoms with E-state index in [0.717, 1.165) is 0 Å². The van der Waals surface area contributed by atoms with Crippen molar-refractivity contribution in [3.63, 3.8) is 0 Å². The second-order valence-electron chi connectivity index (χ2n) is 6.32. The minimum absolute atomic E-state index is 0.0905. The van der Waals surface area contributed by atoms with Crippen LogP contribution in [0.1, 0.15) is 25.5 Å². The number of hydrogen-bond donors (Lipinski definition) is 3. The van der Waals surface area contributed by atoms with Crippen LogP contribution in [0.3, 0.4) is 0 Å². The normalized spacial score (nSPS) is 11.7. The zero-order valence-corrected chi connectivity index (χ0v) is 15.4. The number of amides is 2. The van der Waals surface area contributed by atoms with E-state index in [9.17, 15) is 9.90 Å². The van der Waals surface area contributed by atoms with E-state index < -0.39 is 12.1 Å². The van der Waals surface area contributed by atoms with Crippen LogP contribution in [0, 0.1) is 5.92 Å². The summed E-state index contributed by atoms with van der Waals surface area (Å²) in [6.45, 7) is 4.77. The average molecular weight is 358 g/mol. The van der Waals surface area contributed by atoms with Crippen molar-refractivity contribution in [1.82, 2.24) is 5.32 Å². The quantitative estimate of drug-likeness (QED) is 0.674. The van der Waals surface area contributed by atoms with Gasteiger partial charge in [-0.1, -0.05) is 38.1 Å². The van der Waals surface area contributed by atoms with Crippen LogP contribution in [0.5, 0.6) is 11.5 Å². The van der Waals surface area contributed by atoms with Crippen molar-refractivity contribution in [2.75, 3.05) is 25.6 Å². The summed E-state index contributed by atoms with van der Waals surface area (Å²) in [6, 6.07) is 13.9. The van der Waals surface area contributed by atoms with Crippen LogP contribution in [-0.4, -0.2) is 31.4 Å². The third-order valence-corrected chi connectivity index (χ3v) is 3.66. The molecule has 0 aliphatic heterocycles. The number of benzene rings is 2. The highest BCUT2D eigenvalue weighted by Crippen LogP contribution is 2.24. The molecule has 2 aromatic carbocycles. The molecule has 0 bridgehead atoms. The summed E-state index contributed by atoms with van der Waals surface area (Å²) < 4.78 is 10.8. The number of hydrogen-bond acceptors (Lipinski definition) is 4. The molecule has 0 fully saturated rings. The first-order valence-electron chi connectivity index (χ1n) is 8.58. The summed E-state index contributed by atoms with van der Waals surface area (Å²) >= 11 is 0. The SMILES string of the molecule is COc1ccc(C(O)CNC(=O)Nc2ccccc2OCC(C)C)cc1. The van der Waals surface area contributed by atoms with E-state index in [1.807, 2.05) is 18.2 Å². The van der Waals surface area contributed by atoms with Crippen LogP contribution in [0.25, 0.3) is 0 Å². The second-order valence-corrected chi connectivity index (χ2v) is 6.32. The maximum Gasteiger partial charge on any atom is 0.319 e. The summed E-state index contributed by atoms with van der Waals surface area (Å²) in [5, 5.41) is 15.6. The van der Waals surface area contributed by atoms with Crippen molar-refractivity contribution < 1.29 is 19.4 Å². The Morgan fingerprint density at radius 1 is 1.12 bits per heavy atom. The predicted molar refractivity (Wildman–Crippen MR) is 102 cm³/mol. The lowest BCUT2D eigenvalue weighted by molar-refractivity contribution is 0.175. The number of rotatable bonds is 8. The molecule has 26 heavy (non-hydrogen) atoms. The van der Waals surface area contributed by atoms with Crippen LogP contribution >= 0.6 is 0 Å². The van der Waals surface area contributed by atoms with Crippen molar-refractivity contribution in [2.45, 2.75) is 20.0 Å². The third kappa shape index (κ3) is 5.97. The summed E-state index contributed by atoms with van der Waals surface area (Å²) in [5.41, 5.74) is 1.29. The maximum atomic E-state index is 12.1. The molecule has 2 aromatic rings. The van der Waals surface area contributed by atoms with Gasteiger partial charge in [-0.15, -0.1) is 0 Å². The highest BCUT2D eigenvalue weighted by atomic mass is 16.5. The van der Waals surface area contributed by atoms with Crippen LogP contribution < -0.4 is 20.1 Å². The Kier molecular flexibility index (Phi) is 7.29. The Hall–Kier alpha value is -2.73. The van der Waals surface area contributed by atoms with E-state index in [1.165, 1.54) is 0 Å².